The lowest BCUT2D eigenvalue weighted by molar-refractivity contribution is -0.141. The number of carbonyl (C=O) groups excluding carboxylic acids is 1. The minimum absolute atomic E-state index is 0.0936. The molecule has 0 unspecified atom stereocenters. The smallest absolute Gasteiger partial charge is 0.306 e. The van der Waals surface area contributed by atoms with Crippen LogP contribution < -0.4 is 5.32 Å². The maximum absolute atomic E-state index is 12.3. The van der Waals surface area contributed by atoms with Gasteiger partial charge in [0.2, 0.25) is 15.9 Å². The highest BCUT2D eigenvalue weighted by Gasteiger charge is 2.33. The molecule has 1 fully saturated rings. The molecule has 0 radical (unpaired) electrons. The van der Waals surface area contributed by atoms with Crippen LogP contribution in [-0.4, -0.2) is 43.8 Å². The quantitative estimate of drug-likeness (QED) is 0.795. The Kier molecular flexibility index (Phi) is 5.61. The Morgan fingerprint density at radius 2 is 1.83 bits per heavy atom. The van der Waals surface area contributed by atoms with Crippen LogP contribution >= 0.6 is 0 Å². The number of hydrogen-bond donors (Lipinski definition) is 2. The highest BCUT2D eigenvalue weighted by molar-refractivity contribution is 7.89. The van der Waals surface area contributed by atoms with Crippen molar-refractivity contribution in [3.63, 3.8) is 0 Å². The van der Waals surface area contributed by atoms with E-state index in [1.165, 1.54) is 20.2 Å². The normalized spacial score (nSPS) is 21.0. The molecule has 0 heterocycles. The van der Waals surface area contributed by atoms with Crippen LogP contribution in [0.2, 0.25) is 0 Å². The SMILES string of the molecule is CN(C)S(=O)(=O)c1ccccc1CNC(=O)[C@@H]1CC[C@H](C(=O)O)C1. The lowest BCUT2D eigenvalue weighted by atomic mass is 10.0. The van der Waals surface area contributed by atoms with Crippen LogP contribution in [0, 0.1) is 11.8 Å². The lowest BCUT2D eigenvalue weighted by Crippen LogP contribution is -2.30. The summed E-state index contributed by atoms with van der Waals surface area (Å²) in [5.74, 6) is -1.89. The van der Waals surface area contributed by atoms with Crippen LogP contribution in [0.3, 0.4) is 0 Å². The molecule has 7 nitrogen and oxygen atoms in total. The van der Waals surface area contributed by atoms with E-state index in [9.17, 15) is 18.0 Å². The van der Waals surface area contributed by atoms with Crippen molar-refractivity contribution in [2.24, 2.45) is 11.8 Å². The molecule has 2 atom stereocenters. The molecule has 1 saturated carbocycles. The molecule has 0 bridgehead atoms. The molecule has 1 aromatic carbocycles. The summed E-state index contributed by atoms with van der Waals surface area (Å²) in [7, 11) is -0.683. The predicted molar refractivity (Wildman–Crippen MR) is 87.6 cm³/mol. The topological polar surface area (TPSA) is 104 Å². The number of carboxylic acids is 1. The fourth-order valence-electron chi connectivity index (χ4n) is 2.87. The summed E-state index contributed by atoms with van der Waals surface area (Å²) in [6.07, 6.45) is 1.37. The van der Waals surface area contributed by atoms with Crippen molar-refractivity contribution >= 4 is 21.9 Å². The van der Waals surface area contributed by atoms with Crippen LogP contribution in [0.5, 0.6) is 0 Å². The zero-order valence-corrected chi connectivity index (χ0v) is 14.5. The Morgan fingerprint density at radius 1 is 1.21 bits per heavy atom. The minimum atomic E-state index is -3.59. The fourth-order valence-corrected chi connectivity index (χ4v) is 3.98. The first-order chi connectivity index (χ1) is 11.2. The van der Waals surface area contributed by atoms with Gasteiger partial charge in [0.25, 0.3) is 0 Å². The van der Waals surface area contributed by atoms with E-state index in [0.29, 0.717) is 24.8 Å². The molecule has 1 aliphatic carbocycles. The number of nitrogens with one attached hydrogen (secondary N) is 1. The molecule has 0 aromatic heterocycles. The Morgan fingerprint density at radius 3 is 2.42 bits per heavy atom. The molecular formula is C16H22N2O5S. The molecule has 0 saturated heterocycles. The van der Waals surface area contributed by atoms with Crippen molar-refractivity contribution in [3.05, 3.63) is 29.8 Å². The highest BCUT2D eigenvalue weighted by atomic mass is 32.2. The molecule has 0 aliphatic heterocycles. The van der Waals surface area contributed by atoms with E-state index in [1.54, 1.807) is 18.2 Å². The third-order valence-electron chi connectivity index (χ3n) is 4.34. The zero-order valence-electron chi connectivity index (χ0n) is 13.7. The van der Waals surface area contributed by atoms with E-state index in [4.69, 9.17) is 5.11 Å². The summed E-state index contributed by atoms with van der Waals surface area (Å²) in [4.78, 5) is 23.3. The van der Waals surface area contributed by atoms with Gasteiger partial charge in [0, 0.05) is 26.6 Å². The third-order valence-corrected chi connectivity index (χ3v) is 6.25. The van der Waals surface area contributed by atoms with Gasteiger partial charge < -0.3 is 10.4 Å². The van der Waals surface area contributed by atoms with Gasteiger partial charge in [0.05, 0.1) is 10.8 Å². The number of carbonyl (C=O) groups is 2. The van der Waals surface area contributed by atoms with Crippen LogP contribution in [0.1, 0.15) is 24.8 Å². The summed E-state index contributed by atoms with van der Waals surface area (Å²) in [5.41, 5.74) is 0.507. The van der Waals surface area contributed by atoms with Gasteiger partial charge in [0.15, 0.2) is 0 Å². The Balaban J connectivity index is 2.06. The predicted octanol–water partition coefficient (Wildman–Crippen LogP) is 1.05. The van der Waals surface area contributed by atoms with Gasteiger partial charge in [-0.15, -0.1) is 0 Å². The van der Waals surface area contributed by atoms with Crippen molar-refractivity contribution in [1.82, 2.24) is 9.62 Å². The second kappa shape index (κ2) is 7.31. The van der Waals surface area contributed by atoms with Crippen LogP contribution in [0.15, 0.2) is 29.2 Å². The largest absolute Gasteiger partial charge is 0.481 e. The number of amides is 1. The van der Waals surface area contributed by atoms with Gasteiger partial charge in [-0.1, -0.05) is 18.2 Å². The zero-order chi connectivity index (χ0) is 17.9. The standard InChI is InChI=1S/C16H22N2O5S/c1-18(2)24(22,23)14-6-4-3-5-13(14)10-17-15(19)11-7-8-12(9-11)16(20)21/h3-6,11-12H,7-10H2,1-2H3,(H,17,19)(H,20,21)/t11-,12+/m1/s1. The number of benzene rings is 1. The maximum atomic E-state index is 12.3. The Labute approximate surface area is 141 Å². The molecule has 2 N–H and O–H groups in total. The van der Waals surface area contributed by atoms with E-state index in [1.807, 2.05) is 0 Å². The summed E-state index contributed by atoms with van der Waals surface area (Å²) in [5, 5.41) is 11.7. The van der Waals surface area contributed by atoms with Crippen molar-refractivity contribution in [2.45, 2.75) is 30.7 Å². The average Bonchev–Trinajstić information content (AvgIpc) is 3.03. The van der Waals surface area contributed by atoms with E-state index in [0.717, 1.165) is 4.31 Å². The number of sulfonamides is 1. The fraction of sp³-hybridized carbons (Fsp3) is 0.500. The van der Waals surface area contributed by atoms with Crippen molar-refractivity contribution in [3.8, 4) is 0 Å². The molecule has 0 spiro atoms. The van der Waals surface area contributed by atoms with Crippen LogP contribution in [0.25, 0.3) is 0 Å². The van der Waals surface area contributed by atoms with Crippen molar-refractivity contribution in [1.29, 1.82) is 0 Å². The van der Waals surface area contributed by atoms with E-state index < -0.39 is 21.9 Å². The minimum Gasteiger partial charge on any atom is -0.481 e. The monoisotopic (exact) mass is 354 g/mol. The number of carboxylic acid groups (broad SMARTS) is 1. The summed E-state index contributed by atoms with van der Waals surface area (Å²) >= 11 is 0. The molecule has 132 valence electrons. The summed E-state index contributed by atoms with van der Waals surface area (Å²) in [6, 6.07) is 6.51. The van der Waals surface area contributed by atoms with E-state index in [-0.39, 0.29) is 23.3 Å². The lowest BCUT2D eigenvalue weighted by Gasteiger charge is -2.16. The number of rotatable bonds is 6. The van der Waals surface area contributed by atoms with Crippen LogP contribution in [0.4, 0.5) is 0 Å². The average molecular weight is 354 g/mol. The molecule has 2 rings (SSSR count). The number of hydrogen-bond acceptors (Lipinski definition) is 4. The summed E-state index contributed by atoms with van der Waals surface area (Å²) in [6.45, 7) is 0.0936. The second-order valence-electron chi connectivity index (χ2n) is 6.16. The first-order valence-electron chi connectivity index (χ1n) is 7.74. The molecule has 24 heavy (non-hydrogen) atoms. The first kappa shape index (κ1) is 18.4. The molecule has 1 aliphatic rings. The van der Waals surface area contributed by atoms with Gasteiger partial charge in [-0.2, -0.15) is 0 Å². The van der Waals surface area contributed by atoms with Gasteiger partial charge in [0.1, 0.15) is 0 Å². The first-order valence-corrected chi connectivity index (χ1v) is 9.18. The van der Waals surface area contributed by atoms with Crippen LogP contribution in [-0.2, 0) is 26.2 Å². The molecular weight excluding hydrogens is 332 g/mol. The Hall–Kier alpha value is -1.93. The molecule has 1 amide bonds. The molecule has 8 heteroatoms. The number of aliphatic carboxylic acids is 1. The van der Waals surface area contributed by atoms with Gasteiger partial charge in [-0.3, -0.25) is 9.59 Å². The van der Waals surface area contributed by atoms with Gasteiger partial charge in [-0.05, 0) is 30.9 Å². The second-order valence-corrected chi connectivity index (χ2v) is 8.28. The maximum Gasteiger partial charge on any atom is 0.306 e. The molecule has 1 aromatic rings. The van der Waals surface area contributed by atoms with Crippen molar-refractivity contribution in [2.75, 3.05) is 14.1 Å². The highest BCUT2D eigenvalue weighted by Crippen LogP contribution is 2.31. The summed E-state index contributed by atoms with van der Waals surface area (Å²) < 4.78 is 25.8. The van der Waals surface area contributed by atoms with Gasteiger partial charge in [-0.25, -0.2) is 12.7 Å². The van der Waals surface area contributed by atoms with E-state index >= 15 is 0 Å². The van der Waals surface area contributed by atoms with E-state index in [2.05, 4.69) is 5.32 Å². The Bertz CT molecular complexity index is 730. The third kappa shape index (κ3) is 3.93. The number of nitrogens with zero attached hydrogens (tertiary/aromatic N) is 1. The van der Waals surface area contributed by atoms with Gasteiger partial charge >= 0.3 is 5.97 Å². The van der Waals surface area contributed by atoms with Crippen molar-refractivity contribution < 1.29 is 23.1 Å².